The molecule has 198 valence electrons. The molecule has 0 aromatic heterocycles. The molecule has 0 saturated heterocycles. The SMILES string of the molecule is C=CC(=O)O.C=CC(=O)O.C=CC(=O)O.C=CC(=O)OCCCC.OCCCCCCCCO. The summed E-state index contributed by atoms with van der Waals surface area (Å²) in [7, 11) is 0. The van der Waals surface area contributed by atoms with Crippen LogP contribution >= 0.6 is 0 Å². The maximum absolute atomic E-state index is 10.3. The molecule has 0 aromatic carbocycles. The fourth-order valence-electron chi connectivity index (χ4n) is 1.31. The predicted octanol–water partition coefficient (Wildman–Crippen LogP) is 3.60. The number of ether oxygens (including phenoxy) is 1. The van der Waals surface area contributed by atoms with Gasteiger partial charge < -0.3 is 30.3 Å². The molecule has 0 aliphatic heterocycles. The number of carboxylic acids is 3. The van der Waals surface area contributed by atoms with Gasteiger partial charge in [-0.3, -0.25) is 0 Å². The number of unbranched alkanes of at least 4 members (excludes halogenated alkanes) is 6. The van der Waals surface area contributed by atoms with E-state index in [1.54, 1.807) is 0 Å². The largest absolute Gasteiger partial charge is 0.478 e. The van der Waals surface area contributed by atoms with Crippen molar-refractivity contribution in [1.82, 2.24) is 0 Å². The highest BCUT2D eigenvalue weighted by Gasteiger charge is 1.91. The zero-order valence-corrected chi connectivity index (χ0v) is 20.2. The standard InChI is InChI=1S/C8H18O2.C7H12O2.3C3H4O2/c9-7-5-3-1-2-4-6-8-10;1-3-5-6-9-7(8)4-2;3*1-2-3(4)5/h9-10H,1-8H2;4H,2-3,5-6H2,1H3;3*2H,1H2,(H,4,5). The van der Waals surface area contributed by atoms with Crippen molar-refractivity contribution in [3.8, 4) is 0 Å². The summed E-state index contributed by atoms with van der Waals surface area (Å²) in [6.07, 6.45) is 12.2. The first-order chi connectivity index (χ1) is 16.0. The third-order valence-corrected chi connectivity index (χ3v) is 3.00. The van der Waals surface area contributed by atoms with Gasteiger partial charge in [0, 0.05) is 37.5 Å². The first-order valence-corrected chi connectivity index (χ1v) is 10.6. The summed E-state index contributed by atoms with van der Waals surface area (Å²) in [6, 6.07) is 0. The van der Waals surface area contributed by atoms with Crippen molar-refractivity contribution in [2.45, 2.75) is 58.3 Å². The Morgan fingerprint density at radius 2 is 0.912 bits per heavy atom. The lowest BCUT2D eigenvalue weighted by Gasteiger charge is -1.97. The Labute approximate surface area is 202 Å². The highest BCUT2D eigenvalue weighted by molar-refractivity contribution is 5.81. The van der Waals surface area contributed by atoms with Crippen molar-refractivity contribution >= 4 is 23.9 Å². The van der Waals surface area contributed by atoms with Crippen LogP contribution in [-0.2, 0) is 23.9 Å². The maximum Gasteiger partial charge on any atom is 0.330 e. The Hall–Kier alpha value is -3.24. The molecule has 0 unspecified atom stereocenters. The minimum absolute atomic E-state index is 0.319. The molecule has 0 radical (unpaired) electrons. The Kier molecular flexibility index (Phi) is 48.5. The number of hydrogen-bond acceptors (Lipinski definition) is 7. The molecule has 0 aliphatic rings. The van der Waals surface area contributed by atoms with Gasteiger partial charge in [0.25, 0.3) is 0 Å². The Bertz CT molecular complexity index is 491. The van der Waals surface area contributed by atoms with Crippen molar-refractivity contribution in [3.05, 3.63) is 50.6 Å². The van der Waals surface area contributed by atoms with Crippen molar-refractivity contribution in [2.75, 3.05) is 19.8 Å². The lowest BCUT2D eigenvalue weighted by Crippen LogP contribution is -2.00. The summed E-state index contributed by atoms with van der Waals surface area (Å²) < 4.78 is 4.67. The number of carbonyl (C=O) groups is 4. The number of rotatable bonds is 14. The minimum atomic E-state index is -0.981. The fraction of sp³-hybridized carbons (Fsp3) is 0.500. The fourth-order valence-corrected chi connectivity index (χ4v) is 1.31. The molecule has 10 nitrogen and oxygen atoms in total. The molecule has 0 bridgehead atoms. The number of aliphatic hydroxyl groups excluding tert-OH is 2. The van der Waals surface area contributed by atoms with E-state index in [-0.39, 0.29) is 5.97 Å². The molecule has 0 heterocycles. The van der Waals surface area contributed by atoms with E-state index in [9.17, 15) is 19.2 Å². The third kappa shape index (κ3) is 78.9. The predicted molar refractivity (Wildman–Crippen MR) is 131 cm³/mol. The average Bonchev–Trinajstić information content (AvgIpc) is 2.82. The third-order valence-electron chi connectivity index (χ3n) is 3.00. The van der Waals surface area contributed by atoms with E-state index in [0.717, 1.165) is 56.8 Å². The number of hydrogen-bond donors (Lipinski definition) is 5. The quantitative estimate of drug-likeness (QED) is 0.137. The highest BCUT2D eigenvalue weighted by atomic mass is 16.5. The smallest absolute Gasteiger partial charge is 0.330 e. The van der Waals surface area contributed by atoms with Crippen LogP contribution in [0.25, 0.3) is 0 Å². The van der Waals surface area contributed by atoms with Crippen molar-refractivity contribution < 1.29 is 49.4 Å². The van der Waals surface area contributed by atoms with Crippen LogP contribution in [0.4, 0.5) is 0 Å². The number of aliphatic hydroxyl groups is 2. The lowest BCUT2D eigenvalue weighted by molar-refractivity contribution is -0.138. The highest BCUT2D eigenvalue weighted by Crippen LogP contribution is 2.03. The van der Waals surface area contributed by atoms with Gasteiger partial charge >= 0.3 is 23.9 Å². The van der Waals surface area contributed by atoms with Gasteiger partial charge in [0.15, 0.2) is 0 Å². The van der Waals surface area contributed by atoms with E-state index in [0.29, 0.717) is 19.8 Å². The monoisotopic (exact) mass is 490 g/mol. The molecule has 0 rings (SSSR count). The number of carbonyl (C=O) groups excluding carboxylic acids is 1. The van der Waals surface area contributed by atoms with Crippen LogP contribution in [0.3, 0.4) is 0 Å². The lowest BCUT2D eigenvalue weighted by atomic mass is 10.1. The first-order valence-electron chi connectivity index (χ1n) is 10.6. The molecular formula is C24H42O10. The molecular weight excluding hydrogens is 448 g/mol. The Morgan fingerprint density at radius 3 is 1.12 bits per heavy atom. The summed E-state index contributed by atoms with van der Waals surface area (Å²) >= 11 is 0. The van der Waals surface area contributed by atoms with Gasteiger partial charge in [-0.05, 0) is 19.3 Å². The molecule has 0 fully saturated rings. The van der Waals surface area contributed by atoms with Crippen LogP contribution in [-0.4, -0.2) is 69.2 Å². The van der Waals surface area contributed by atoms with Crippen LogP contribution in [0.1, 0.15) is 58.3 Å². The van der Waals surface area contributed by atoms with Gasteiger partial charge in [0.2, 0.25) is 0 Å². The molecule has 5 N–H and O–H groups in total. The molecule has 34 heavy (non-hydrogen) atoms. The Morgan fingerprint density at radius 1 is 0.618 bits per heavy atom. The van der Waals surface area contributed by atoms with E-state index in [1.165, 1.54) is 18.9 Å². The van der Waals surface area contributed by atoms with Crippen LogP contribution in [0.15, 0.2) is 50.6 Å². The normalized spacial score (nSPS) is 8.09. The van der Waals surface area contributed by atoms with E-state index < -0.39 is 17.9 Å². The van der Waals surface area contributed by atoms with Gasteiger partial charge in [-0.25, -0.2) is 19.2 Å². The van der Waals surface area contributed by atoms with Crippen LogP contribution in [0.5, 0.6) is 0 Å². The first kappa shape index (κ1) is 41.1. The van der Waals surface area contributed by atoms with Crippen molar-refractivity contribution in [2.24, 2.45) is 0 Å². The van der Waals surface area contributed by atoms with E-state index in [4.69, 9.17) is 25.5 Å². The second kappa shape index (κ2) is 40.2. The van der Waals surface area contributed by atoms with Gasteiger partial charge in [0.1, 0.15) is 0 Å². The van der Waals surface area contributed by atoms with Crippen LogP contribution in [0, 0.1) is 0 Å². The molecule has 0 atom stereocenters. The number of esters is 1. The summed E-state index contributed by atoms with van der Waals surface area (Å²) in [5.41, 5.74) is 0. The topological polar surface area (TPSA) is 179 Å². The van der Waals surface area contributed by atoms with Gasteiger partial charge in [-0.2, -0.15) is 0 Å². The second-order valence-electron chi connectivity index (χ2n) is 5.92. The second-order valence-corrected chi connectivity index (χ2v) is 5.92. The van der Waals surface area contributed by atoms with Crippen molar-refractivity contribution in [1.29, 1.82) is 0 Å². The number of carboxylic acid groups (broad SMARTS) is 3. The molecule has 0 aliphatic carbocycles. The zero-order valence-electron chi connectivity index (χ0n) is 20.2. The molecule has 0 saturated carbocycles. The average molecular weight is 491 g/mol. The minimum Gasteiger partial charge on any atom is -0.478 e. The van der Waals surface area contributed by atoms with Crippen LogP contribution in [0.2, 0.25) is 0 Å². The molecule has 10 heteroatoms. The number of aliphatic carboxylic acids is 3. The summed E-state index contributed by atoms with van der Waals surface area (Å²) in [6.45, 7) is 15.3. The Balaban J connectivity index is -0.000000107. The van der Waals surface area contributed by atoms with Crippen molar-refractivity contribution in [3.63, 3.8) is 0 Å². The maximum atomic E-state index is 10.3. The van der Waals surface area contributed by atoms with E-state index in [1.807, 2.05) is 6.92 Å². The summed E-state index contributed by atoms with van der Waals surface area (Å²) in [5.74, 6) is -3.27. The summed E-state index contributed by atoms with van der Waals surface area (Å²) in [5, 5.41) is 39.7. The van der Waals surface area contributed by atoms with Gasteiger partial charge in [-0.15, -0.1) is 0 Å². The molecule has 0 amide bonds. The van der Waals surface area contributed by atoms with E-state index >= 15 is 0 Å². The zero-order chi connectivity index (χ0) is 27.6. The van der Waals surface area contributed by atoms with Gasteiger partial charge in [0.05, 0.1) is 6.61 Å². The van der Waals surface area contributed by atoms with E-state index in [2.05, 4.69) is 31.1 Å². The summed E-state index contributed by atoms with van der Waals surface area (Å²) in [4.78, 5) is 38.1. The van der Waals surface area contributed by atoms with Crippen LogP contribution < -0.4 is 0 Å². The molecule has 0 spiro atoms. The molecule has 0 aromatic rings. The van der Waals surface area contributed by atoms with Gasteiger partial charge in [-0.1, -0.05) is 65.3 Å².